The average Bonchev–Trinajstić information content (AvgIpc) is 2.29. The first-order valence-electron chi connectivity index (χ1n) is 6.32. The van der Waals surface area contributed by atoms with Gasteiger partial charge in [-0.1, -0.05) is 23.2 Å². The number of carbonyl (C=O) groups is 1. The van der Waals surface area contributed by atoms with E-state index in [1.54, 1.807) is 37.1 Å². The third-order valence-electron chi connectivity index (χ3n) is 3.80. The molecule has 1 atom stereocenters. The Morgan fingerprint density at radius 3 is 2.35 bits per heavy atom. The van der Waals surface area contributed by atoms with Crippen LogP contribution in [0.2, 0.25) is 10.0 Å². The lowest BCUT2D eigenvalue weighted by molar-refractivity contribution is -0.0182. The highest BCUT2D eigenvalue weighted by Crippen LogP contribution is 2.39. The lowest BCUT2D eigenvalue weighted by Crippen LogP contribution is -2.67. The van der Waals surface area contributed by atoms with Crippen LogP contribution >= 0.6 is 23.2 Å². The fourth-order valence-corrected chi connectivity index (χ4v) is 2.94. The zero-order valence-corrected chi connectivity index (χ0v) is 13.5. The SMILES string of the molecule is CN1C(=O)N(c2ccc(Cl)c(Cl)c2)C(C)(O)CC1(C)C. The number of carbonyl (C=O) groups excluding carboxylic acids is 1. The summed E-state index contributed by atoms with van der Waals surface area (Å²) < 4.78 is 0. The lowest BCUT2D eigenvalue weighted by Gasteiger charge is -2.52. The van der Waals surface area contributed by atoms with Gasteiger partial charge < -0.3 is 10.0 Å². The summed E-state index contributed by atoms with van der Waals surface area (Å²) in [6.45, 7) is 5.47. The minimum atomic E-state index is -1.29. The average molecular weight is 317 g/mol. The molecule has 1 fully saturated rings. The van der Waals surface area contributed by atoms with Crippen LogP contribution in [-0.4, -0.2) is 34.3 Å². The summed E-state index contributed by atoms with van der Waals surface area (Å²) in [4.78, 5) is 15.5. The molecule has 0 spiro atoms. The molecule has 1 heterocycles. The zero-order valence-electron chi connectivity index (χ0n) is 11.9. The Bertz CT molecular complexity index is 558. The van der Waals surface area contributed by atoms with E-state index >= 15 is 0 Å². The van der Waals surface area contributed by atoms with E-state index in [1.165, 1.54) is 4.90 Å². The van der Waals surface area contributed by atoms with Gasteiger partial charge in [-0.3, -0.25) is 4.90 Å². The van der Waals surface area contributed by atoms with Crippen LogP contribution in [0, 0.1) is 0 Å². The van der Waals surface area contributed by atoms with E-state index in [0.29, 0.717) is 22.2 Å². The normalized spacial score (nSPS) is 26.1. The van der Waals surface area contributed by atoms with Crippen molar-refractivity contribution in [2.45, 2.75) is 38.5 Å². The number of rotatable bonds is 1. The Hall–Kier alpha value is -0.970. The maximum Gasteiger partial charge on any atom is 0.327 e. The second-order valence-electron chi connectivity index (χ2n) is 5.98. The molecule has 1 aliphatic heterocycles. The molecule has 2 amide bonds. The number of hydrogen-bond donors (Lipinski definition) is 1. The van der Waals surface area contributed by atoms with Crippen molar-refractivity contribution in [1.29, 1.82) is 0 Å². The number of amides is 2. The molecule has 6 heteroatoms. The van der Waals surface area contributed by atoms with Gasteiger partial charge in [-0.05, 0) is 39.0 Å². The quantitative estimate of drug-likeness (QED) is 0.857. The molecule has 4 nitrogen and oxygen atoms in total. The van der Waals surface area contributed by atoms with Crippen LogP contribution in [0.15, 0.2) is 18.2 Å². The predicted octanol–water partition coefficient (Wildman–Crippen LogP) is 3.74. The monoisotopic (exact) mass is 316 g/mol. The van der Waals surface area contributed by atoms with Crippen LogP contribution in [-0.2, 0) is 0 Å². The van der Waals surface area contributed by atoms with Gasteiger partial charge in [-0.25, -0.2) is 4.79 Å². The topological polar surface area (TPSA) is 43.8 Å². The van der Waals surface area contributed by atoms with Gasteiger partial charge >= 0.3 is 6.03 Å². The lowest BCUT2D eigenvalue weighted by atomic mass is 9.88. The van der Waals surface area contributed by atoms with Crippen LogP contribution in [0.4, 0.5) is 10.5 Å². The largest absolute Gasteiger partial charge is 0.371 e. The van der Waals surface area contributed by atoms with E-state index in [9.17, 15) is 9.90 Å². The summed E-state index contributed by atoms with van der Waals surface area (Å²) in [7, 11) is 1.72. The third-order valence-corrected chi connectivity index (χ3v) is 4.54. The first-order chi connectivity index (χ1) is 9.06. The van der Waals surface area contributed by atoms with Gasteiger partial charge in [0.1, 0.15) is 5.72 Å². The standard InChI is InChI=1S/C14H18Cl2N2O2/c1-13(2)8-14(3,20)18(12(19)17(13)4)9-5-6-10(15)11(16)7-9/h5-7,20H,8H2,1-4H3. The number of aliphatic hydroxyl groups is 1. The first kappa shape index (κ1) is 15.4. The summed E-state index contributed by atoms with van der Waals surface area (Å²) >= 11 is 11.9. The molecular formula is C14H18Cl2N2O2. The molecule has 0 saturated carbocycles. The van der Waals surface area contributed by atoms with Gasteiger partial charge in [0, 0.05) is 24.7 Å². The molecule has 0 radical (unpaired) electrons. The van der Waals surface area contributed by atoms with E-state index < -0.39 is 11.3 Å². The van der Waals surface area contributed by atoms with E-state index in [2.05, 4.69) is 0 Å². The van der Waals surface area contributed by atoms with Gasteiger partial charge in [0.05, 0.1) is 10.0 Å². The summed E-state index contributed by atoms with van der Waals surface area (Å²) in [5, 5.41) is 11.4. The second kappa shape index (κ2) is 4.79. The Balaban J connectivity index is 2.49. The van der Waals surface area contributed by atoms with Crippen molar-refractivity contribution >= 4 is 34.9 Å². The van der Waals surface area contributed by atoms with Crippen molar-refractivity contribution in [1.82, 2.24) is 4.90 Å². The van der Waals surface area contributed by atoms with Crippen LogP contribution in [0.25, 0.3) is 0 Å². The Kier molecular flexibility index (Phi) is 3.70. The first-order valence-corrected chi connectivity index (χ1v) is 7.07. The molecule has 1 aromatic rings. The Morgan fingerprint density at radius 1 is 1.20 bits per heavy atom. The summed E-state index contributed by atoms with van der Waals surface area (Å²) in [6, 6.07) is 4.60. The number of nitrogens with zero attached hydrogens (tertiary/aromatic N) is 2. The van der Waals surface area contributed by atoms with Gasteiger partial charge in [-0.2, -0.15) is 0 Å². The van der Waals surface area contributed by atoms with Crippen molar-refractivity contribution in [3.63, 3.8) is 0 Å². The van der Waals surface area contributed by atoms with E-state index in [4.69, 9.17) is 23.2 Å². The van der Waals surface area contributed by atoms with Crippen molar-refractivity contribution in [2.75, 3.05) is 11.9 Å². The number of benzene rings is 1. The summed E-state index contributed by atoms with van der Waals surface area (Å²) in [5.74, 6) is 0. The Morgan fingerprint density at radius 2 is 1.80 bits per heavy atom. The molecule has 1 unspecified atom stereocenters. The maximum atomic E-state index is 12.6. The molecular weight excluding hydrogens is 299 g/mol. The van der Waals surface area contributed by atoms with Gasteiger partial charge in [0.2, 0.25) is 0 Å². The molecule has 0 bridgehead atoms. The fourth-order valence-electron chi connectivity index (χ4n) is 2.64. The van der Waals surface area contributed by atoms with E-state index in [1.807, 2.05) is 13.8 Å². The molecule has 0 aromatic heterocycles. The molecule has 1 N–H and O–H groups in total. The Labute approximate surface area is 128 Å². The minimum Gasteiger partial charge on any atom is -0.371 e. The van der Waals surface area contributed by atoms with Crippen LogP contribution in [0.1, 0.15) is 27.2 Å². The number of anilines is 1. The van der Waals surface area contributed by atoms with Gasteiger partial charge in [0.25, 0.3) is 0 Å². The highest BCUT2D eigenvalue weighted by molar-refractivity contribution is 6.42. The van der Waals surface area contributed by atoms with Crippen LogP contribution in [0.3, 0.4) is 0 Å². The molecule has 110 valence electrons. The number of urea groups is 1. The molecule has 2 rings (SSSR count). The maximum absolute atomic E-state index is 12.6. The number of hydrogen-bond acceptors (Lipinski definition) is 2. The van der Waals surface area contributed by atoms with Crippen molar-refractivity contribution in [2.24, 2.45) is 0 Å². The van der Waals surface area contributed by atoms with Crippen molar-refractivity contribution in [3.05, 3.63) is 28.2 Å². The molecule has 1 aromatic carbocycles. The third kappa shape index (κ3) is 2.48. The number of halogens is 2. The van der Waals surface area contributed by atoms with Crippen LogP contribution < -0.4 is 4.90 Å². The summed E-state index contributed by atoms with van der Waals surface area (Å²) in [6.07, 6.45) is 0.419. The van der Waals surface area contributed by atoms with E-state index in [0.717, 1.165) is 0 Å². The molecule has 1 saturated heterocycles. The summed E-state index contributed by atoms with van der Waals surface area (Å²) in [5.41, 5.74) is -1.19. The highest BCUT2D eigenvalue weighted by atomic mass is 35.5. The van der Waals surface area contributed by atoms with E-state index in [-0.39, 0.29) is 6.03 Å². The smallest absolute Gasteiger partial charge is 0.327 e. The minimum absolute atomic E-state index is 0.273. The molecule has 1 aliphatic rings. The van der Waals surface area contributed by atoms with Crippen molar-refractivity contribution in [3.8, 4) is 0 Å². The molecule has 0 aliphatic carbocycles. The highest BCUT2D eigenvalue weighted by Gasteiger charge is 2.49. The predicted molar refractivity (Wildman–Crippen MR) is 81.4 cm³/mol. The zero-order chi connectivity index (χ0) is 15.3. The van der Waals surface area contributed by atoms with Crippen LogP contribution in [0.5, 0.6) is 0 Å². The molecule has 20 heavy (non-hydrogen) atoms. The second-order valence-corrected chi connectivity index (χ2v) is 6.80. The van der Waals surface area contributed by atoms with Gasteiger partial charge in [-0.15, -0.1) is 0 Å². The van der Waals surface area contributed by atoms with Crippen molar-refractivity contribution < 1.29 is 9.90 Å². The fraction of sp³-hybridized carbons (Fsp3) is 0.500. The van der Waals surface area contributed by atoms with Gasteiger partial charge in [0.15, 0.2) is 0 Å².